The molecule has 0 aliphatic carbocycles. The van der Waals surface area contributed by atoms with Crippen molar-refractivity contribution in [2.24, 2.45) is 0 Å². The van der Waals surface area contributed by atoms with Crippen LogP contribution in [0.25, 0.3) is 0 Å². The predicted octanol–water partition coefficient (Wildman–Crippen LogP) is 5.79. The molecule has 1 aliphatic rings. The lowest BCUT2D eigenvalue weighted by molar-refractivity contribution is -0.155. The van der Waals surface area contributed by atoms with Crippen LogP contribution in [0.15, 0.2) is 90.3 Å². The normalized spacial score (nSPS) is 15.5. The van der Waals surface area contributed by atoms with Gasteiger partial charge < -0.3 is 19.5 Å². The minimum atomic E-state index is -1.06. The molecule has 3 aromatic carbocycles. The number of rotatable bonds is 8. The van der Waals surface area contributed by atoms with Crippen LogP contribution in [0.3, 0.4) is 0 Å². The summed E-state index contributed by atoms with van der Waals surface area (Å²) in [6.45, 7) is 2.49. The minimum Gasteiger partial charge on any atom is -0.488 e. The van der Waals surface area contributed by atoms with Gasteiger partial charge >= 0.3 is 5.97 Å². The summed E-state index contributed by atoms with van der Waals surface area (Å²) in [5, 5.41) is 12.7. The van der Waals surface area contributed by atoms with Gasteiger partial charge in [0.05, 0.1) is 0 Å². The van der Waals surface area contributed by atoms with Crippen molar-refractivity contribution in [3.05, 3.63) is 118 Å². The number of hydrogen-bond donors (Lipinski definition) is 1. The Bertz CT molecular complexity index is 1370. The molecule has 0 spiro atoms. The van der Waals surface area contributed by atoms with Crippen molar-refractivity contribution in [1.82, 2.24) is 4.90 Å². The molecule has 5 rings (SSSR count). The Hall–Kier alpha value is -4.10. The third-order valence-corrected chi connectivity index (χ3v) is 7.28. The average Bonchev–Trinajstić information content (AvgIpc) is 3.44. The van der Waals surface area contributed by atoms with Crippen LogP contribution in [0.2, 0.25) is 0 Å². The van der Waals surface area contributed by atoms with Crippen molar-refractivity contribution in [2.75, 3.05) is 0 Å². The fourth-order valence-corrected chi connectivity index (χ4v) is 5.22. The number of carbonyl (C=O) groups is 2. The van der Waals surface area contributed by atoms with Gasteiger partial charge in [-0.2, -0.15) is 0 Å². The number of nitrogens with zero attached hydrogens (tertiary/aromatic N) is 1. The summed E-state index contributed by atoms with van der Waals surface area (Å²) in [5.41, 5.74) is 4.34. The largest absolute Gasteiger partial charge is 0.488 e. The van der Waals surface area contributed by atoms with E-state index in [4.69, 9.17) is 9.47 Å². The predicted molar refractivity (Wildman–Crippen MR) is 142 cm³/mol. The van der Waals surface area contributed by atoms with Crippen molar-refractivity contribution in [1.29, 1.82) is 0 Å². The highest BCUT2D eigenvalue weighted by molar-refractivity contribution is 7.11. The smallest absolute Gasteiger partial charge is 0.326 e. The van der Waals surface area contributed by atoms with Crippen molar-refractivity contribution < 1.29 is 24.2 Å². The zero-order chi connectivity index (χ0) is 25.8. The second-order valence-corrected chi connectivity index (χ2v) is 9.90. The van der Waals surface area contributed by atoms with Crippen LogP contribution < -0.4 is 9.47 Å². The van der Waals surface area contributed by atoms with Gasteiger partial charge in [-0.3, -0.25) is 4.79 Å². The molecule has 2 heterocycles. The molecule has 2 atom stereocenters. The first-order valence-electron chi connectivity index (χ1n) is 12.1. The van der Waals surface area contributed by atoms with Gasteiger partial charge in [-0.05, 0) is 41.1 Å². The SMILES string of the molecule is Cc1ccc2c(c1OCc1ccccc1)C[C@@H](C(=O)O)N(C(=O)[C@@H](Oc1cccs1)c1ccccc1)C2. The zero-order valence-electron chi connectivity index (χ0n) is 20.4. The lowest BCUT2D eigenvalue weighted by atomic mass is 9.90. The Balaban J connectivity index is 1.46. The molecule has 37 heavy (non-hydrogen) atoms. The van der Waals surface area contributed by atoms with E-state index in [9.17, 15) is 14.7 Å². The first kappa shape index (κ1) is 24.6. The molecule has 1 aliphatic heterocycles. The Kier molecular flexibility index (Phi) is 7.23. The Labute approximate surface area is 219 Å². The highest BCUT2D eigenvalue weighted by Gasteiger charge is 2.40. The van der Waals surface area contributed by atoms with Crippen LogP contribution in [-0.4, -0.2) is 27.9 Å². The first-order chi connectivity index (χ1) is 18.0. The number of fused-ring (bicyclic) bond motifs is 1. The third kappa shape index (κ3) is 5.37. The molecule has 6 nitrogen and oxygen atoms in total. The maximum Gasteiger partial charge on any atom is 0.326 e. The highest BCUT2D eigenvalue weighted by Crippen LogP contribution is 2.36. The van der Waals surface area contributed by atoms with Crippen molar-refractivity contribution in [3.63, 3.8) is 0 Å². The van der Waals surface area contributed by atoms with E-state index in [0.29, 0.717) is 23.0 Å². The van der Waals surface area contributed by atoms with Crippen LogP contribution in [0.4, 0.5) is 0 Å². The summed E-state index contributed by atoms with van der Waals surface area (Å²) in [4.78, 5) is 27.8. The maximum atomic E-state index is 13.9. The number of thiophene rings is 1. The van der Waals surface area contributed by atoms with E-state index in [1.807, 2.05) is 91.2 Å². The van der Waals surface area contributed by atoms with Crippen LogP contribution in [0.5, 0.6) is 10.8 Å². The minimum absolute atomic E-state index is 0.155. The number of aryl methyl sites for hydroxylation is 1. The van der Waals surface area contributed by atoms with Gasteiger partial charge in [0, 0.05) is 24.1 Å². The summed E-state index contributed by atoms with van der Waals surface area (Å²) >= 11 is 1.39. The number of carbonyl (C=O) groups excluding carboxylic acids is 1. The average molecular weight is 514 g/mol. The summed E-state index contributed by atoms with van der Waals surface area (Å²) in [6, 6.07) is 25.6. The van der Waals surface area contributed by atoms with Crippen molar-refractivity contribution in [2.45, 2.75) is 38.6 Å². The van der Waals surface area contributed by atoms with E-state index in [1.54, 1.807) is 6.07 Å². The summed E-state index contributed by atoms with van der Waals surface area (Å²) in [7, 11) is 0. The Morgan fingerprint density at radius 1 is 1.00 bits per heavy atom. The molecule has 4 aromatic rings. The number of aliphatic carboxylic acids is 1. The topological polar surface area (TPSA) is 76.1 Å². The van der Waals surface area contributed by atoms with E-state index in [1.165, 1.54) is 16.2 Å². The standard InChI is InChI=1S/C30H27NO5S/c1-20-14-15-23-18-31(29(32)28(22-11-6-3-7-12-22)36-26-13-8-16-37-26)25(30(33)34)17-24(23)27(20)35-19-21-9-4-2-5-10-21/h2-16,25,28H,17-19H2,1H3,(H,33,34)/t25-,28-/m0/s1. The monoisotopic (exact) mass is 513 g/mol. The summed E-state index contributed by atoms with van der Waals surface area (Å²) in [5.74, 6) is -0.753. The molecule has 0 radical (unpaired) electrons. The first-order valence-corrected chi connectivity index (χ1v) is 13.0. The molecule has 1 N–H and O–H groups in total. The molecule has 0 saturated heterocycles. The van der Waals surface area contributed by atoms with Crippen LogP contribution in [0.1, 0.15) is 33.9 Å². The quantitative estimate of drug-likeness (QED) is 0.323. The van der Waals surface area contributed by atoms with E-state index < -0.39 is 18.1 Å². The van der Waals surface area contributed by atoms with E-state index in [0.717, 1.165) is 22.3 Å². The number of carboxylic acid groups (broad SMARTS) is 1. The molecule has 1 amide bonds. The van der Waals surface area contributed by atoms with Gasteiger partial charge in [-0.25, -0.2) is 4.79 Å². The number of ether oxygens (including phenoxy) is 2. The number of carboxylic acids is 1. The van der Waals surface area contributed by atoms with E-state index >= 15 is 0 Å². The van der Waals surface area contributed by atoms with Gasteiger partial charge in [0.2, 0.25) is 6.10 Å². The molecule has 7 heteroatoms. The van der Waals surface area contributed by atoms with Crippen LogP contribution >= 0.6 is 11.3 Å². The molecule has 0 fully saturated rings. The van der Waals surface area contributed by atoms with Crippen molar-refractivity contribution >= 4 is 23.2 Å². The second kappa shape index (κ2) is 10.9. The number of hydrogen-bond acceptors (Lipinski definition) is 5. The van der Waals surface area contributed by atoms with E-state index in [2.05, 4.69) is 0 Å². The molecule has 188 valence electrons. The Morgan fingerprint density at radius 3 is 2.41 bits per heavy atom. The summed E-state index contributed by atoms with van der Waals surface area (Å²) < 4.78 is 12.3. The number of amides is 1. The zero-order valence-corrected chi connectivity index (χ0v) is 21.2. The van der Waals surface area contributed by atoms with Gasteiger partial charge in [0.15, 0.2) is 5.06 Å². The molecule has 1 aromatic heterocycles. The lowest BCUT2D eigenvalue weighted by Gasteiger charge is -2.37. The van der Waals surface area contributed by atoms with E-state index in [-0.39, 0.29) is 18.9 Å². The van der Waals surface area contributed by atoms with Crippen LogP contribution in [0, 0.1) is 6.92 Å². The fraction of sp³-hybridized carbons (Fsp3) is 0.200. The van der Waals surface area contributed by atoms with Gasteiger partial charge in [-0.15, -0.1) is 11.3 Å². The molecule has 0 saturated carbocycles. The third-order valence-electron chi connectivity index (χ3n) is 6.52. The van der Waals surface area contributed by atoms with Gasteiger partial charge in [0.25, 0.3) is 5.91 Å². The molecule has 0 bridgehead atoms. The molecular formula is C30H27NO5S. The Morgan fingerprint density at radius 2 is 1.73 bits per heavy atom. The fourth-order valence-electron chi connectivity index (χ4n) is 4.62. The van der Waals surface area contributed by atoms with Crippen molar-refractivity contribution in [3.8, 4) is 10.8 Å². The number of benzene rings is 3. The van der Waals surface area contributed by atoms with Gasteiger partial charge in [-0.1, -0.05) is 72.8 Å². The van der Waals surface area contributed by atoms with Gasteiger partial charge in [0.1, 0.15) is 18.4 Å². The second-order valence-electron chi connectivity index (χ2n) is 8.99. The summed E-state index contributed by atoms with van der Waals surface area (Å²) in [6.07, 6.45) is -0.801. The molecular weight excluding hydrogens is 486 g/mol. The maximum absolute atomic E-state index is 13.9. The lowest BCUT2D eigenvalue weighted by Crippen LogP contribution is -2.51. The molecule has 0 unspecified atom stereocenters. The highest BCUT2D eigenvalue weighted by atomic mass is 32.1. The van der Waals surface area contributed by atoms with Crippen LogP contribution in [-0.2, 0) is 29.2 Å².